The van der Waals surface area contributed by atoms with Crippen LogP contribution in [0.4, 0.5) is 5.69 Å². The zero-order valence-electron chi connectivity index (χ0n) is 14.9. The summed E-state index contributed by atoms with van der Waals surface area (Å²) in [5.41, 5.74) is 3.48. The average Bonchev–Trinajstić information content (AvgIpc) is 3.33. The van der Waals surface area contributed by atoms with E-state index in [-0.39, 0.29) is 11.9 Å². The van der Waals surface area contributed by atoms with Gasteiger partial charge in [0, 0.05) is 30.2 Å². The fourth-order valence-corrected chi connectivity index (χ4v) is 4.16. The van der Waals surface area contributed by atoms with Gasteiger partial charge in [-0.1, -0.05) is 15.9 Å². The third-order valence-electron chi connectivity index (χ3n) is 4.64. The largest absolute Gasteiger partial charge is 0.493 e. The Kier molecular flexibility index (Phi) is 5.31. The molecule has 2 aliphatic heterocycles. The van der Waals surface area contributed by atoms with Crippen LogP contribution in [0.15, 0.2) is 40.2 Å². The second-order valence-corrected chi connectivity index (χ2v) is 7.91. The van der Waals surface area contributed by atoms with Gasteiger partial charge in [-0.15, -0.1) is 0 Å². The highest BCUT2D eigenvalue weighted by atomic mass is 79.9. The minimum Gasteiger partial charge on any atom is -0.493 e. The predicted octanol–water partition coefficient (Wildman–Crippen LogP) is 4.89. The van der Waals surface area contributed by atoms with Crippen molar-refractivity contribution in [3.63, 3.8) is 0 Å². The van der Waals surface area contributed by atoms with Crippen LogP contribution in [-0.2, 0) is 0 Å². The van der Waals surface area contributed by atoms with Gasteiger partial charge in [-0.05, 0) is 40.5 Å². The molecule has 0 spiro atoms. The lowest BCUT2D eigenvalue weighted by molar-refractivity contribution is 0.0817. The van der Waals surface area contributed by atoms with Gasteiger partial charge in [0.25, 0.3) is 5.91 Å². The van der Waals surface area contributed by atoms with Gasteiger partial charge in [0.05, 0.1) is 31.0 Å². The maximum absolute atomic E-state index is 13.2. The van der Waals surface area contributed by atoms with Crippen molar-refractivity contribution >= 4 is 50.6 Å². The summed E-state index contributed by atoms with van der Waals surface area (Å²) in [5.74, 6) is 1.09. The number of thiophene rings is 1. The highest BCUT2D eigenvalue weighted by Crippen LogP contribution is 2.39. The van der Waals surface area contributed by atoms with Crippen LogP contribution in [0.1, 0.15) is 28.8 Å². The molecule has 0 aliphatic carbocycles. The van der Waals surface area contributed by atoms with Crippen LogP contribution in [0.5, 0.6) is 11.5 Å². The van der Waals surface area contributed by atoms with E-state index >= 15 is 0 Å². The molecule has 0 saturated heterocycles. The Hall–Kier alpha value is -2.12. The first-order chi connectivity index (χ1) is 13.2. The molecule has 0 fully saturated rings. The van der Waals surface area contributed by atoms with E-state index in [0.717, 1.165) is 23.7 Å². The molecule has 1 aromatic carbocycles. The van der Waals surface area contributed by atoms with Crippen molar-refractivity contribution in [2.75, 3.05) is 19.0 Å². The summed E-state index contributed by atoms with van der Waals surface area (Å²) in [5, 5.41) is 5.02. The number of hydrogen-bond acceptors (Lipinski definition) is 5. The number of alkyl halides is 1. The predicted molar refractivity (Wildman–Crippen MR) is 112 cm³/mol. The average molecular weight is 447 g/mol. The number of amides is 1. The standard InChI is InChI=1S/C20H19BrN2O3S/c1-25-18-8-16-17(9-19(18)26-5-2-4-21)22-10-15-7-14(11-23(15)20(16)24)13-3-6-27-12-13/h3,6,8-12,15H,2,4-5,7H2,1H3/t15-/m0/s1. The van der Waals surface area contributed by atoms with Crippen LogP contribution in [-0.4, -0.2) is 42.1 Å². The van der Waals surface area contributed by atoms with E-state index in [1.165, 1.54) is 5.56 Å². The number of benzene rings is 1. The molecule has 1 amide bonds. The summed E-state index contributed by atoms with van der Waals surface area (Å²) >= 11 is 5.05. The van der Waals surface area contributed by atoms with Crippen molar-refractivity contribution in [1.82, 2.24) is 4.90 Å². The lowest BCUT2D eigenvalue weighted by atomic mass is 10.1. The number of ether oxygens (including phenoxy) is 2. The van der Waals surface area contributed by atoms with Gasteiger partial charge in [-0.3, -0.25) is 9.79 Å². The summed E-state index contributed by atoms with van der Waals surface area (Å²) in [6.07, 6.45) is 5.46. The third kappa shape index (κ3) is 3.53. The molecule has 3 heterocycles. The fourth-order valence-electron chi connectivity index (χ4n) is 3.26. The molecule has 27 heavy (non-hydrogen) atoms. The first kappa shape index (κ1) is 18.3. The van der Waals surface area contributed by atoms with Crippen molar-refractivity contribution in [1.29, 1.82) is 0 Å². The molecule has 7 heteroatoms. The minimum absolute atomic E-state index is 0.0661. The molecule has 0 unspecified atom stereocenters. The molecule has 1 atom stereocenters. The summed E-state index contributed by atoms with van der Waals surface area (Å²) in [7, 11) is 1.58. The number of fused-ring (bicyclic) bond motifs is 2. The highest BCUT2D eigenvalue weighted by Gasteiger charge is 2.33. The number of halogens is 1. The quantitative estimate of drug-likeness (QED) is 0.468. The number of carbonyl (C=O) groups is 1. The molecular formula is C20H19BrN2O3S. The zero-order valence-corrected chi connectivity index (χ0v) is 17.3. The van der Waals surface area contributed by atoms with Crippen LogP contribution in [0.2, 0.25) is 0 Å². The zero-order chi connectivity index (χ0) is 18.8. The molecule has 1 aromatic heterocycles. The Bertz CT molecular complexity index is 908. The lowest BCUT2D eigenvalue weighted by Gasteiger charge is -2.19. The molecule has 4 rings (SSSR count). The van der Waals surface area contributed by atoms with E-state index in [1.54, 1.807) is 35.5 Å². The van der Waals surface area contributed by atoms with E-state index in [1.807, 2.05) is 17.8 Å². The Balaban J connectivity index is 1.67. The van der Waals surface area contributed by atoms with Gasteiger partial charge in [0.2, 0.25) is 0 Å². The molecule has 0 N–H and O–H groups in total. The van der Waals surface area contributed by atoms with E-state index in [2.05, 4.69) is 32.4 Å². The maximum Gasteiger partial charge on any atom is 0.260 e. The molecule has 2 aliphatic rings. The summed E-state index contributed by atoms with van der Waals surface area (Å²) in [6, 6.07) is 5.54. The number of aliphatic imine (C=N–C) groups is 1. The second-order valence-electron chi connectivity index (χ2n) is 6.34. The fraction of sp³-hybridized carbons (Fsp3) is 0.300. The van der Waals surface area contributed by atoms with Gasteiger partial charge in [-0.2, -0.15) is 11.3 Å². The van der Waals surface area contributed by atoms with E-state index in [0.29, 0.717) is 29.4 Å². The van der Waals surface area contributed by atoms with Crippen LogP contribution in [0, 0.1) is 0 Å². The summed E-state index contributed by atoms with van der Waals surface area (Å²) in [4.78, 5) is 19.5. The molecule has 0 saturated carbocycles. The molecule has 2 aromatic rings. The molecule has 0 bridgehead atoms. The van der Waals surface area contributed by atoms with Gasteiger partial charge in [-0.25, -0.2) is 0 Å². The van der Waals surface area contributed by atoms with Gasteiger partial charge >= 0.3 is 0 Å². The number of nitrogens with zero attached hydrogens (tertiary/aromatic N) is 2. The normalized spacial score (nSPS) is 18.0. The molecule has 140 valence electrons. The third-order valence-corrected chi connectivity index (χ3v) is 5.89. The summed E-state index contributed by atoms with van der Waals surface area (Å²) < 4.78 is 11.3. The van der Waals surface area contributed by atoms with E-state index in [9.17, 15) is 4.79 Å². The Morgan fingerprint density at radius 3 is 3.00 bits per heavy atom. The number of rotatable bonds is 6. The first-order valence-electron chi connectivity index (χ1n) is 8.72. The van der Waals surface area contributed by atoms with Crippen molar-refractivity contribution < 1.29 is 14.3 Å². The minimum atomic E-state index is -0.0666. The second kappa shape index (κ2) is 7.86. The monoisotopic (exact) mass is 446 g/mol. The van der Waals surface area contributed by atoms with Crippen LogP contribution in [0.3, 0.4) is 0 Å². The highest BCUT2D eigenvalue weighted by molar-refractivity contribution is 9.09. The van der Waals surface area contributed by atoms with Crippen LogP contribution < -0.4 is 9.47 Å². The first-order valence-corrected chi connectivity index (χ1v) is 10.8. The number of hydrogen-bond donors (Lipinski definition) is 0. The number of carbonyl (C=O) groups excluding carboxylic acids is 1. The Morgan fingerprint density at radius 2 is 2.26 bits per heavy atom. The topological polar surface area (TPSA) is 51.1 Å². The molecule has 5 nitrogen and oxygen atoms in total. The van der Waals surface area contributed by atoms with Gasteiger partial charge in [0.15, 0.2) is 11.5 Å². The van der Waals surface area contributed by atoms with E-state index in [4.69, 9.17) is 9.47 Å². The van der Waals surface area contributed by atoms with Gasteiger partial charge in [0.1, 0.15) is 0 Å². The Labute approximate surface area is 170 Å². The Morgan fingerprint density at radius 1 is 1.37 bits per heavy atom. The maximum atomic E-state index is 13.2. The van der Waals surface area contributed by atoms with Crippen molar-refractivity contribution in [2.24, 2.45) is 4.99 Å². The molecular weight excluding hydrogens is 428 g/mol. The summed E-state index contributed by atoms with van der Waals surface area (Å²) in [6.45, 7) is 0.569. The molecule has 0 radical (unpaired) electrons. The van der Waals surface area contributed by atoms with E-state index < -0.39 is 0 Å². The van der Waals surface area contributed by atoms with Gasteiger partial charge < -0.3 is 14.4 Å². The smallest absolute Gasteiger partial charge is 0.260 e. The SMILES string of the molecule is COc1cc2c(cc1OCCCBr)N=C[C@@H]1CC(c3ccsc3)=CN1C2=O. The van der Waals surface area contributed by atoms with Crippen LogP contribution >= 0.6 is 27.3 Å². The number of methoxy groups -OCH3 is 1. The lowest BCUT2D eigenvalue weighted by Crippen LogP contribution is -2.32. The van der Waals surface area contributed by atoms with Crippen LogP contribution in [0.25, 0.3) is 5.57 Å². The van der Waals surface area contributed by atoms with Crippen molar-refractivity contribution in [3.8, 4) is 11.5 Å². The van der Waals surface area contributed by atoms with Crippen molar-refractivity contribution in [3.05, 3.63) is 46.3 Å². The van der Waals surface area contributed by atoms with Crippen molar-refractivity contribution in [2.45, 2.75) is 18.9 Å².